The van der Waals surface area contributed by atoms with Gasteiger partial charge in [0.2, 0.25) is 11.8 Å². The summed E-state index contributed by atoms with van der Waals surface area (Å²) in [6, 6.07) is 5.37. The van der Waals surface area contributed by atoms with Crippen molar-refractivity contribution < 1.29 is 23.8 Å². The Bertz CT molecular complexity index is 926. The summed E-state index contributed by atoms with van der Waals surface area (Å²) in [4.78, 5) is 30.3. The van der Waals surface area contributed by atoms with E-state index in [2.05, 4.69) is 6.08 Å². The maximum Gasteiger partial charge on any atom is 0.234 e. The van der Waals surface area contributed by atoms with Crippen LogP contribution in [0.1, 0.15) is 6.42 Å². The van der Waals surface area contributed by atoms with Crippen LogP contribution in [0, 0.1) is 11.8 Å². The van der Waals surface area contributed by atoms with E-state index in [1.807, 2.05) is 29.2 Å². The van der Waals surface area contributed by atoms with E-state index in [1.54, 1.807) is 31.3 Å². The number of hydrogen-bond donors (Lipinski definition) is 0. The van der Waals surface area contributed by atoms with Crippen LogP contribution in [0.15, 0.2) is 42.5 Å². The first kappa shape index (κ1) is 18.2. The van der Waals surface area contributed by atoms with Crippen molar-refractivity contribution in [3.8, 4) is 11.5 Å². The molecule has 7 heteroatoms. The van der Waals surface area contributed by atoms with Crippen LogP contribution in [-0.4, -0.2) is 62.3 Å². The number of ether oxygens (including phenoxy) is 3. The fourth-order valence-corrected chi connectivity index (χ4v) is 5.04. The van der Waals surface area contributed by atoms with Gasteiger partial charge in [-0.15, -0.1) is 0 Å². The van der Waals surface area contributed by atoms with Gasteiger partial charge in [-0.3, -0.25) is 9.59 Å². The molecule has 1 aromatic rings. The first-order valence-electron chi connectivity index (χ1n) is 9.92. The molecule has 5 rings (SSSR count). The van der Waals surface area contributed by atoms with Gasteiger partial charge in [0.1, 0.15) is 17.1 Å². The van der Waals surface area contributed by atoms with E-state index < -0.39 is 17.4 Å². The van der Waals surface area contributed by atoms with Crippen LogP contribution in [0.3, 0.4) is 0 Å². The van der Waals surface area contributed by atoms with E-state index >= 15 is 0 Å². The van der Waals surface area contributed by atoms with E-state index in [9.17, 15) is 9.59 Å². The lowest BCUT2D eigenvalue weighted by molar-refractivity contribution is -0.140. The molecule has 0 aliphatic carbocycles. The number of hydrogen-bond acceptors (Lipinski definition) is 5. The molecule has 4 aliphatic heterocycles. The zero-order valence-corrected chi connectivity index (χ0v) is 16.5. The predicted octanol–water partition coefficient (Wildman–Crippen LogP) is 1.78. The zero-order valence-electron chi connectivity index (χ0n) is 16.5. The Kier molecular flexibility index (Phi) is 4.17. The van der Waals surface area contributed by atoms with Gasteiger partial charge in [-0.1, -0.05) is 24.3 Å². The number of amides is 2. The van der Waals surface area contributed by atoms with Crippen molar-refractivity contribution in [1.29, 1.82) is 0 Å². The van der Waals surface area contributed by atoms with Gasteiger partial charge in [-0.2, -0.15) is 0 Å². The van der Waals surface area contributed by atoms with Crippen molar-refractivity contribution in [3.63, 3.8) is 0 Å². The lowest BCUT2D eigenvalue weighted by Crippen LogP contribution is -2.46. The maximum absolute atomic E-state index is 13.5. The normalized spacial score (nSPS) is 32.1. The number of anilines is 1. The molecule has 0 radical (unpaired) electrons. The van der Waals surface area contributed by atoms with Gasteiger partial charge < -0.3 is 24.0 Å². The van der Waals surface area contributed by atoms with Gasteiger partial charge in [-0.25, -0.2) is 0 Å². The van der Waals surface area contributed by atoms with Crippen molar-refractivity contribution >= 4 is 17.5 Å². The fourth-order valence-electron chi connectivity index (χ4n) is 5.04. The Morgan fingerprint density at radius 2 is 2.10 bits per heavy atom. The molecule has 1 spiro atoms. The average Bonchev–Trinajstić information content (AvgIpc) is 3.41. The third kappa shape index (κ3) is 2.60. The SMILES string of the molecule is COc1ccc(N2CC34C=CC(O3)C(C(=O)N3CC=CCC3)C4C2=O)c(OC)c1. The summed E-state index contributed by atoms with van der Waals surface area (Å²) in [6.07, 6.45) is 8.52. The summed E-state index contributed by atoms with van der Waals surface area (Å²) in [6.45, 7) is 1.65. The van der Waals surface area contributed by atoms with Gasteiger partial charge in [0, 0.05) is 19.2 Å². The van der Waals surface area contributed by atoms with Crippen molar-refractivity contribution in [1.82, 2.24) is 4.90 Å². The second-order valence-corrected chi connectivity index (χ2v) is 7.91. The molecule has 4 heterocycles. The third-order valence-electron chi connectivity index (χ3n) is 6.43. The molecular weight excluding hydrogens is 372 g/mol. The highest BCUT2D eigenvalue weighted by molar-refractivity contribution is 6.04. The van der Waals surface area contributed by atoms with E-state index in [1.165, 1.54) is 0 Å². The van der Waals surface area contributed by atoms with Gasteiger partial charge in [-0.05, 0) is 18.6 Å². The van der Waals surface area contributed by atoms with Crippen molar-refractivity contribution in [2.75, 3.05) is 38.8 Å². The molecule has 2 saturated heterocycles. The summed E-state index contributed by atoms with van der Waals surface area (Å²) >= 11 is 0. The summed E-state index contributed by atoms with van der Waals surface area (Å²) in [5, 5.41) is 0. The fraction of sp³-hybridized carbons (Fsp3) is 0.455. The molecule has 7 nitrogen and oxygen atoms in total. The highest BCUT2D eigenvalue weighted by atomic mass is 16.5. The van der Waals surface area contributed by atoms with Crippen LogP contribution in [0.4, 0.5) is 5.69 Å². The number of methoxy groups -OCH3 is 2. The molecule has 2 fully saturated rings. The molecule has 1 aromatic carbocycles. The minimum atomic E-state index is -0.751. The first-order valence-corrected chi connectivity index (χ1v) is 9.92. The quantitative estimate of drug-likeness (QED) is 0.726. The predicted molar refractivity (Wildman–Crippen MR) is 106 cm³/mol. The largest absolute Gasteiger partial charge is 0.497 e. The highest BCUT2D eigenvalue weighted by Crippen LogP contribution is 2.54. The molecule has 4 atom stereocenters. The number of benzene rings is 1. The number of fused-ring (bicyclic) bond motifs is 1. The molecule has 0 saturated carbocycles. The molecule has 29 heavy (non-hydrogen) atoms. The summed E-state index contributed by atoms with van der Waals surface area (Å²) < 4.78 is 17.0. The Labute approximate surface area is 169 Å². The van der Waals surface area contributed by atoms with Crippen LogP contribution < -0.4 is 14.4 Å². The lowest BCUT2D eigenvalue weighted by Gasteiger charge is -2.30. The van der Waals surface area contributed by atoms with Gasteiger partial charge in [0.25, 0.3) is 0 Å². The summed E-state index contributed by atoms with van der Waals surface area (Å²) in [5.74, 6) is 0.130. The summed E-state index contributed by atoms with van der Waals surface area (Å²) in [5.41, 5.74) is -0.0897. The molecule has 0 N–H and O–H groups in total. The first-order chi connectivity index (χ1) is 14.1. The highest BCUT2D eigenvalue weighted by Gasteiger charge is 2.67. The second kappa shape index (κ2) is 6.62. The van der Waals surface area contributed by atoms with Crippen molar-refractivity contribution in [2.45, 2.75) is 18.1 Å². The monoisotopic (exact) mass is 396 g/mol. The zero-order chi connectivity index (χ0) is 20.2. The lowest BCUT2D eigenvalue weighted by atomic mass is 9.76. The summed E-state index contributed by atoms with van der Waals surface area (Å²) in [7, 11) is 3.15. The van der Waals surface area contributed by atoms with Crippen LogP contribution in [0.25, 0.3) is 0 Å². The number of rotatable bonds is 4. The Hall–Kier alpha value is -2.80. The average molecular weight is 396 g/mol. The number of carbonyl (C=O) groups excluding carboxylic acids is 2. The van der Waals surface area contributed by atoms with Crippen LogP contribution in [0.2, 0.25) is 0 Å². The van der Waals surface area contributed by atoms with Crippen LogP contribution in [0.5, 0.6) is 11.5 Å². The molecular formula is C22H24N2O5. The number of carbonyl (C=O) groups is 2. The molecule has 4 aliphatic rings. The van der Waals surface area contributed by atoms with E-state index in [0.29, 0.717) is 36.8 Å². The Morgan fingerprint density at radius 1 is 1.24 bits per heavy atom. The second-order valence-electron chi connectivity index (χ2n) is 7.91. The van der Waals surface area contributed by atoms with Crippen molar-refractivity contribution in [3.05, 3.63) is 42.5 Å². The standard InChI is InChI=1S/C22H24N2O5/c1-27-14-6-7-15(17(12-14)28-2)24-13-22-9-8-16(29-22)18(19(22)21(24)26)20(25)23-10-4-3-5-11-23/h3-4,6-9,12,16,18-19H,5,10-11,13H2,1-2H3. The van der Waals surface area contributed by atoms with Gasteiger partial charge in [0.05, 0.1) is 44.4 Å². The minimum Gasteiger partial charge on any atom is -0.497 e. The van der Waals surface area contributed by atoms with Crippen LogP contribution in [-0.2, 0) is 14.3 Å². The smallest absolute Gasteiger partial charge is 0.234 e. The topological polar surface area (TPSA) is 68.3 Å². The van der Waals surface area contributed by atoms with Gasteiger partial charge in [0.15, 0.2) is 0 Å². The van der Waals surface area contributed by atoms with E-state index in [0.717, 1.165) is 6.42 Å². The molecule has 4 unspecified atom stereocenters. The maximum atomic E-state index is 13.5. The van der Waals surface area contributed by atoms with Crippen LogP contribution >= 0.6 is 0 Å². The van der Waals surface area contributed by atoms with Crippen molar-refractivity contribution in [2.24, 2.45) is 11.8 Å². The molecule has 0 aromatic heterocycles. The van der Waals surface area contributed by atoms with E-state index in [-0.39, 0.29) is 17.9 Å². The Balaban J connectivity index is 1.48. The van der Waals surface area contributed by atoms with Gasteiger partial charge >= 0.3 is 0 Å². The van der Waals surface area contributed by atoms with E-state index in [4.69, 9.17) is 14.2 Å². The molecule has 152 valence electrons. The molecule has 2 amide bonds. The minimum absolute atomic E-state index is 0.00692. The third-order valence-corrected chi connectivity index (χ3v) is 6.43. The Morgan fingerprint density at radius 3 is 2.83 bits per heavy atom. The molecule has 2 bridgehead atoms. The number of nitrogens with zero attached hydrogens (tertiary/aromatic N) is 2.